The Morgan fingerprint density at radius 3 is 2.63 bits per heavy atom. The second-order valence-electron chi connectivity index (χ2n) is 3.74. The van der Waals surface area contributed by atoms with Gasteiger partial charge in [0.25, 0.3) is 0 Å². The average Bonchev–Trinajstić information content (AvgIpc) is 2.28. The highest BCUT2D eigenvalue weighted by Crippen LogP contribution is 2.19. The molecule has 0 aliphatic rings. The topological polar surface area (TPSA) is 38.3 Å². The molecule has 3 nitrogen and oxygen atoms in total. The summed E-state index contributed by atoms with van der Waals surface area (Å²) in [6, 6.07) is 3.44. The molecule has 0 amide bonds. The number of esters is 1. The van der Waals surface area contributed by atoms with Crippen molar-refractivity contribution in [3.63, 3.8) is 0 Å². The van der Waals surface area contributed by atoms with E-state index in [0.717, 1.165) is 12.1 Å². The van der Waals surface area contributed by atoms with Gasteiger partial charge in [0.1, 0.15) is 11.9 Å². The van der Waals surface area contributed by atoms with Crippen molar-refractivity contribution in [2.75, 3.05) is 13.2 Å². The van der Waals surface area contributed by atoms with Gasteiger partial charge in [-0.05, 0) is 24.6 Å². The van der Waals surface area contributed by atoms with Crippen LogP contribution in [0.15, 0.2) is 24.3 Å². The van der Waals surface area contributed by atoms with Crippen LogP contribution in [0.4, 0.5) is 17.6 Å². The third kappa shape index (κ3) is 5.25. The van der Waals surface area contributed by atoms with Gasteiger partial charge in [-0.25, -0.2) is 9.18 Å². The van der Waals surface area contributed by atoms with E-state index in [1.807, 2.05) is 5.32 Å². The number of rotatable bonds is 5. The molecule has 7 heteroatoms. The molecule has 1 atom stereocenters. The van der Waals surface area contributed by atoms with Crippen LogP contribution in [-0.4, -0.2) is 25.3 Å². The van der Waals surface area contributed by atoms with Gasteiger partial charge in [0.15, 0.2) is 0 Å². The lowest BCUT2D eigenvalue weighted by Gasteiger charge is -2.18. The van der Waals surface area contributed by atoms with Crippen molar-refractivity contribution in [1.29, 1.82) is 0 Å². The van der Waals surface area contributed by atoms with Crippen molar-refractivity contribution in [3.05, 3.63) is 35.6 Å². The molecule has 1 rings (SSSR count). The Kier molecular flexibility index (Phi) is 5.29. The summed E-state index contributed by atoms with van der Waals surface area (Å²) in [6.07, 6.45) is -4.47. The highest BCUT2D eigenvalue weighted by atomic mass is 19.4. The molecule has 1 N–H and O–H groups in total. The number of hydrogen-bond acceptors (Lipinski definition) is 3. The quantitative estimate of drug-likeness (QED) is 0.665. The van der Waals surface area contributed by atoms with Gasteiger partial charge in [-0.2, -0.15) is 13.2 Å². The van der Waals surface area contributed by atoms with E-state index in [9.17, 15) is 22.4 Å². The molecular weight excluding hydrogens is 266 g/mol. The average molecular weight is 279 g/mol. The maximum Gasteiger partial charge on any atom is 0.401 e. The maximum atomic E-state index is 13.0. The Balaban J connectivity index is 2.89. The molecule has 0 spiro atoms. The van der Waals surface area contributed by atoms with Crippen LogP contribution < -0.4 is 5.32 Å². The molecule has 0 heterocycles. The van der Waals surface area contributed by atoms with Crippen molar-refractivity contribution in [1.82, 2.24) is 5.32 Å². The first kappa shape index (κ1) is 15.4. The molecule has 106 valence electrons. The lowest BCUT2D eigenvalue weighted by atomic mass is 10.1. The van der Waals surface area contributed by atoms with E-state index in [2.05, 4.69) is 4.74 Å². The molecule has 0 aliphatic carbocycles. The summed E-state index contributed by atoms with van der Waals surface area (Å²) < 4.78 is 54.2. The Hall–Kier alpha value is -1.63. The fraction of sp³-hybridized carbons (Fsp3) is 0.417. The summed E-state index contributed by atoms with van der Waals surface area (Å²) in [5.74, 6) is -1.52. The number of carbonyl (C=O) groups is 1. The predicted molar refractivity (Wildman–Crippen MR) is 59.8 cm³/mol. The van der Waals surface area contributed by atoms with Gasteiger partial charge < -0.3 is 4.74 Å². The minimum atomic E-state index is -4.47. The lowest BCUT2D eigenvalue weighted by molar-refractivity contribution is -0.149. The van der Waals surface area contributed by atoms with E-state index >= 15 is 0 Å². The molecule has 1 aromatic rings. The predicted octanol–water partition coefficient (Wildman–Crippen LogP) is 2.58. The smallest absolute Gasteiger partial charge is 0.401 e. The highest BCUT2D eigenvalue weighted by Gasteiger charge is 2.31. The van der Waals surface area contributed by atoms with Crippen LogP contribution >= 0.6 is 0 Å². The molecule has 19 heavy (non-hydrogen) atoms. The van der Waals surface area contributed by atoms with Crippen molar-refractivity contribution >= 4 is 5.97 Å². The van der Waals surface area contributed by atoms with Crippen LogP contribution in [0.3, 0.4) is 0 Å². The summed E-state index contributed by atoms with van der Waals surface area (Å²) >= 11 is 0. The summed E-state index contributed by atoms with van der Waals surface area (Å²) in [6.45, 7) is 0.190. The zero-order chi connectivity index (χ0) is 14.5. The molecule has 0 saturated carbocycles. The van der Waals surface area contributed by atoms with Gasteiger partial charge in [-0.15, -0.1) is 0 Å². The van der Waals surface area contributed by atoms with Crippen LogP contribution in [0.1, 0.15) is 18.5 Å². The maximum absolute atomic E-state index is 13.0. The number of alkyl halides is 3. The number of nitrogens with one attached hydrogen (secondary N) is 1. The highest BCUT2D eigenvalue weighted by molar-refractivity contribution is 5.77. The molecular formula is C12H13F4NO2. The van der Waals surface area contributed by atoms with Crippen LogP contribution in [0.25, 0.3) is 0 Å². The Labute approximate surface area is 107 Å². The second-order valence-corrected chi connectivity index (χ2v) is 3.74. The third-order valence-corrected chi connectivity index (χ3v) is 2.21. The van der Waals surface area contributed by atoms with E-state index in [-0.39, 0.29) is 12.2 Å². The van der Waals surface area contributed by atoms with E-state index in [4.69, 9.17) is 0 Å². The largest absolute Gasteiger partial charge is 0.465 e. The number of hydrogen-bond donors (Lipinski definition) is 1. The summed E-state index contributed by atoms with van der Waals surface area (Å²) in [5.41, 5.74) is 0.0858. The van der Waals surface area contributed by atoms with Gasteiger partial charge in [-0.3, -0.25) is 5.32 Å². The summed E-state index contributed by atoms with van der Waals surface area (Å²) in [5, 5.41) is 2.02. The van der Waals surface area contributed by atoms with Crippen LogP contribution in [0, 0.1) is 5.82 Å². The molecule has 0 bridgehead atoms. The minimum absolute atomic E-state index is 0.0261. The standard InChI is InChI=1S/C12H13F4NO2/c1-2-19-11(18)10(17-7-12(14,15)16)8-4-3-5-9(13)6-8/h3-6,10,17H,2,7H2,1H3. The molecule has 1 aromatic carbocycles. The molecule has 0 saturated heterocycles. The summed E-state index contributed by atoms with van der Waals surface area (Å²) in [4.78, 5) is 11.6. The van der Waals surface area contributed by atoms with Crippen molar-refractivity contribution in [2.45, 2.75) is 19.1 Å². The van der Waals surface area contributed by atoms with Gasteiger partial charge in [-0.1, -0.05) is 12.1 Å². The SMILES string of the molecule is CCOC(=O)C(NCC(F)(F)F)c1cccc(F)c1. The molecule has 0 radical (unpaired) electrons. The van der Waals surface area contributed by atoms with Crippen molar-refractivity contribution in [2.24, 2.45) is 0 Å². The Morgan fingerprint density at radius 2 is 2.11 bits per heavy atom. The van der Waals surface area contributed by atoms with E-state index in [1.165, 1.54) is 19.1 Å². The van der Waals surface area contributed by atoms with Crippen LogP contribution in [-0.2, 0) is 9.53 Å². The minimum Gasteiger partial charge on any atom is -0.465 e. The number of benzene rings is 1. The van der Waals surface area contributed by atoms with E-state index in [1.54, 1.807) is 0 Å². The first-order valence-corrected chi connectivity index (χ1v) is 5.55. The fourth-order valence-electron chi connectivity index (χ4n) is 1.47. The lowest BCUT2D eigenvalue weighted by Crippen LogP contribution is -2.37. The first-order valence-electron chi connectivity index (χ1n) is 5.55. The second kappa shape index (κ2) is 6.51. The van der Waals surface area contributed by atoms with E-state index in [0.29, 0.717) is 0 Å². The molecule has 0 aliphatic heterocycles. The number of ether oxygens (including phenoxy) is 1. The molecule has 0 fully saturated rings. The Morgan fingerprint density at radius 1 is 1.42 bits per heavy atom. The van der Waals surface area contributed by atoms with Crippen molar-refractivity contribution in [3.8, 4) is 0 Å². The van der Waals surface area contributed by atoms with Gasteiger partial charge in [0, 0.05) is 0 Å². The number of halogens is 4. The normalized spacial score (nSPS) is 13.1. The third-order valence-electron chi connectivity index (χ3n) is 2.21. The zero-order valence-electron chi connectivity index (χ0n) is 10.1. The van der Waals surface area contributed by atoms with Gasteiger partial charge in [0.2, 0.25) is 0 Å². The van der Waals surface area contributed by atoms with Gasteiger partial charge >= 0.3 is 12.1 Å². The Bertz CT molecular complexity index is 434. The summed E-state index contributed by atoms with van der Waals surface area (Å²) in [7, 11) is 0. The van der Waals surface area contributed by atoms with Crippen molar-refractivity contribution < 1.29 is 27.1 Å². The number of carbonyl (C=O) groups excluding carboxylic acids is 1. The van der Waals surface area contributed by atoms with Crippen LogP contribution in [0.5, 0.6) is 0 Å². The molecule has 1 unspecified atom stereocenters. The van der Waals surface area contributed by atoms with Gasteiger partial charge in [0.05, 0.1) is 13.2 Å². The molecule has 0 aromatic heterocycles. The monoisotopic (exact) mass is 279 g/mol. The first-order chi connectivity index (χ1) is 8.83. The van der Waals surface area contributed by atoms with Crippen LogP contribution in [0.2, 0.25) is 0 Å². The fourth-order valence-corrected chi connectivity index (χ4v) is 1.47. The van der Waals surface area contributed by atoms with E-state index < -0.39 is 30.5 Å². The zero-order valence-corrected chi connectivity index (χ0v) is 10.1.